The van der Waals surface area contributed by atoms with Crippen molar-refractivity contribution in [2.45, 2.75) is 36.0 Å². The van der Waals surface area contributed by atoms with Gasteiger partial charge in [0.2, 0.25) is 0 Å². The minimum atomic E-state index is 0.203. The zero-order valence-electron chi connectivity index (χ0n) is 14.7. The topological polar surface area (TPSA) is 24.1 Å². The summed E-state index contributed by atoms with van der Waals surface area (Å²) in [5, 5.41) is 7.37. The number of nitrogens with one attached hydrogen (secondary N) is 2. The Morgan fingerprint density at radius 1 is 1.08 bits per heavy atom. The van der Waals surface area contributed by atoms with E-state index in [1.54, 1.807) is 6.08 Å². The average molecular weight is 446 g/mol. The van der Waals surface area contributed by atoms with Crippen molar-refractivity contribution in [1.82, 2.24) is 10.6 Å². The molecule has 1 aliphatic rings. The first kappa shape index (κ1) is 19.9. The number of hydrogen-bond acceptors (Lipinski definition) is 2. The van der Waals surface area contributed by atoms with Crippen molar-refractivity contribution in [2.75, 3.05) is 0 Å². The van der Waals surface area contributed by atoms with Crippen LogP contribution in [-0.4, -0.2) is 10.1 Å². The van der Waals surface area contributed by atoms with Crippen molar-refractivity contribution in [1.29, 1.82) is 0 Å². The molecular weight excluding hydrogens is 419 g/mol. The van der Waals surface area contributed by atoms with Gasteiger partial charge in [-0.2, -0.15) is 0 Å². The van der Waals surface area contributed by atoms with E-state index in [4.69, 9.17) is 0 Å². The number of hydrogen-bond donors (Lipinski definition) is 2. The van der Waals surface area contributed by atoms with Gasteiger partial charge in [-0.05, 0) is 30.9 Å². The number of rotatable bonds is 7. The highest BCUT2D eigenvalue weighted by Crippen LogP contribution is 2.23. The van der Waals surface area contributed by atoms with E-state index in [9.17, 15) is 0 Å². The zero-order chi connectivity index (χ0) is 17.9. The number of allylic oxidation sites excluding steroid dienone is 7. The van der Waals surface area contributed by atoms with Crippen LogP contribution < -0.4 is 10.6 Å². The molecular formula is C22H27IN2. The third-order valence-corrected chi connectivity index (χ3v) is 4.89. The zero-order valence-corrected chi connectivity index (χ0v) is 16.9. The highest BCUT2D eigenvalue weighted by molar-refractivity contribution is 14.1. The SMILES string of the molecule is C=C/C=C\C=C\c1ccc(C2NC(I)CC(C/C=C\C=C/C)N2)cc1. The number of halogens is 1. The molecule has 1 saturated heterocycles. The standard InChI is InChI=1S/C22H27IN2/c1-3-5-7-9-11-18-13-15-19(16-14-18)22-24-20(17-21(23)25-22)12-10-8-6-4-2/h3-11,13-16,20-22,24-25H,1,12,17H2,2H3/b6-4-,7-5-,10-8-,11-9+. The Labute approximate surface area is 165 Å². The molecule has 1 aromatic rings. The molecule has 3 heteroatoms. The highest BCUT2D eigenvalue weighted by atomic mass is 127. The van der Waals surface area contributed by atoms with Gasteiger partial charge in [0.15, 0.2) is 0 Å². The maximum atomic E-state index is 3.72. The van der Waals surface area contributed by atoms with Crippen LogP contribution in [0, 0.1) is 0 Å². The van der Waals surface area contributed by atoms with E-state index >= 15 is 0 Å². The fourth-order valence-electron chi connectivity index (χ4n) is 2.75. The summed E-state index contributed by atoms with van der Waals surface area (Å²) in [6, 6.07) is 9.22. The van der Waals surface area contributed by atoms with Crippen LogP contribution in [0.5, 0.6) is 0 Å². The lowest BCUT2D eigenvalue weighted by atomic mass is 10.0. The summed E-state index contributed by atoms with van der Waals surface area (Å²) in [7, 11) is 0. The van der Waals surface area contributed by atoms with Crippen LogP contribution in [0.3, 0.4) is 0 Å². The van der Waals surface area contributed by atoms with Gasteiger partial charge >= 0.3 is 0 Å². The Kier molecular flexibility index (Phi) is 8.94. The second-order valence-corrected chi connectivity index (χ2v) is 7.51. The summed E-state index contributed by atoms with van der Waals surface area (Å²) >= 11 is 2.50. The second-order valence-electron chi connectivity index (χ2n) is 6.00. The van der Waals surface area contributed by atoms with Gasteiger partial charge in [-0.25, -0.2) is 0 Å². The van der Waals surface area contributed by atoms with Crippen LogP contribution in [-0.2, 0) is 0 Å². The summed E-state index contributed by atoms with van der Waals surface area (Å²) in [5.74, 6) is 0. The lowest BCUT2D eigenvalue weighted by Gasteiger charge is -2.35. The van der Waals surface area contributed by atoms with Gasteiger partial charge in [0.1, 0.15) is 0 Å². The fourth-order valence-corrected chi connectivity index (χ4v) is 3.72. The van der Waals surface area contributed by atoms with Crippen LogP contribution in [0.15, 0.2) is 79.5 Å². The summed E-state index contributed by atoms with van der Waals surface area (Å²) in [4.78, 5) is 0. The summed E-state index contributed by atoms with van der Waals surface area (Å²) < 4.78 is 0.479. The van der Waals surface area contributed by atoms with Crippen molar-refractivity contribution < 1.29 is 0 Å². The molecule has 1 aromatic carbocycles. The molecule has 3 unspecified atom stereocenters. The smallest absolute Gasteiger partial charge is 0.0845 e. The van der Waals surface area contributed by atoms with Crippen molar-refractivity contribution >= 4 is 28.7 Å². The molecule has 0 spiro atoms. The third-order valence-electron chi connectivity index (χ3n) is 4.02. The van der Waals surface area contributed by atoms with Crippen LogP contribution in [0.25, 0.3) is 6.08 Å². The normalized spacial score (nSPS) is 24.8. The van der Waals surface area contributed by atoms with Crippen LogP contribution in [0.4, 0.5) is 0 Å². The van der Waals surface area contributed by atoms with Gasteiger partial charge in [-0.1, -0.05) is 108 Å². The Morgan fingerprint density at radius 2 is 1.88 bits per heavy atom. The molecule has 0 radical (unpaired) electrons. The molecule has 1 aliphatic heterocycles. The lowest BCUT2D eigenvalue weighted by molar-refractivity contribution is 0.296. The quantitative estimate of drug-likeness (QED) is 0.244. The predicted octanol–water partition coefficient (Wildman–Crippen LogP) is 5.68. The van der Waals surface area contributed by atoms with Gasteiger partial charge in [-0.15, -0.1) is 0 Å². The van der Waals surface area contributed by atoms with E-state index in [2.05, 4.69) is 94.4 Å². The third kappa shape index (κ3) is 7.14. The van der Waals surface area contributed by atoms with E-state index < -0.39 is 0 Å². The van der Waals surface area contributed by atoms with E-state index in [1.807, 2.05) is 25.2 Å². The molecule has 0 saturated carbocycles. The van der Waals surface area contributed by atoms with E-state index in [-0.39, 0.29) is 6.17 Å². The summed E-state index contributed by atoms with van der Waals surface area (Å²) in [5.41, 5.74) is 2.48. The molecule has 0 aromatic heterocycles. The average Bonchev–Trinajstić information content (AvgIpc) is 2.62. The molecule has 3 atom stereocenters. The van der Waals surface area contributed by atoms with E-state index in [0.717, 1.165) is 12.8 Å². The largest absolute Gasteiger partial charge is 0.295 e. The molecule has 2 nitrogen and oxygen atoms in total. The Hall–Kier alpha value is -1.43. The Bertz CT molecular complexity index is 640. The predicted molar refractivity (Wildman–Crippen MR) is 119 cm³/mol. The Morgan fingerprint density at radius 3 is 2.60 bits per heavy atom. The summed E-state index contributed by atoms with van der Waals surface area (Å²) in [6.07, 6.45) is 20.7. The monoisotopic (exact) mass is 446 g/mol. The molecule has 25 heavy (non-hydrogen) atoms. The van der Waals surface area contributed by atoms with Crippen molar-refractivity contribution in [3.63, 3.8) is 0 Å². The molecule has 0 amide bonds. The number of alkyl halides is 1. The van der Waals surface area contributed by atoms with E-state index in [1.165, 1.54) is 11.1 Å². The highest BCUT2D eigenvalue weighted by Gasteiger charge is 2.25. The van der Waals surface area contributed by atoms with E-state index in [0.29, 0.717) is 10.1 Å². The molecule has 132 valence electrons. The maximum Gasteiger partial charge on any atom is 0.0845 e. The first-order valence-electron chi connectivity index (χ1n) is 8.72. The van der Waals surface area contributed by atoms with Gasteiger partial charge in [0.05, 0.1) is 10.2 Å². The molecule has 0 aliphatic carbocycles. The van der Waals surface area contributed by atoms with Crippen molar-refractivity contribution in [2.24, 2.45) is 0 Å². The molecule has 0 bridgehead atoms. The second kappa shape index (κ2) is 11.2. The maximum absolute atomic E-state index is 3.72. The molecule has 1 fully saturated rings. The van der Waals surface area contributed by atoms with Gasteiger partial charge in [0.25, 0.3) is 0 Å². The van der Waals surface area contributed by atoms with Gasteiger partial charge in [-0.3, -0.25) is 10.6 Å². The van der Waals surface area contributed by atoms with Gasteiger partial charge < -0.3 is 0 Å². The minimum Gasteiger partial charge on any atom is -0.295 e. The van der Waals surface area contributed by atoms with Gasteiger partial charge in [0, 0.05) is 6.04 Å². The van der Waals surface area contributed by atoms with Crippen LogP contribution in [0.1, 0.15) is 37.1 Å². The lowest BCUT2D eigenvalue weighted by Crippen LogP contribution is -2.50. The first-order valence-corrected chi connectivity index (χ1v) is 9.97. The fraction of sp³-hybridized carbons (Fsp3) is 0.273. The van der Waals surface area contributed by atoms with Crippen LogP contribution >= 0.6 is 22.6 Å². The summed E-state index contributed by atoms with van der Waals surface area (Å²) in [6.45, 7) is 5.71. The number of benzene rings is 1. The molecule has 2 rings (SSSR count). The first-order chi connectivity index (χ1) is 12.2. The molecule has 2 N–H and O–H groups in total. The molecule has 1 heterocycles. The van der Waals surface area contributed by atoms with Crippen molar-refractivity contribution in [3.05, 3.63) is 90.6 Å². The minimum absolute atomic E-state index is 0.203. The Balaban J connectivity index is 1.98. The van der Waals surface area contributed by atoms with Crippen molar-refractivity contribution in [3.8, 4) is 0 Å². The van der Waals surface area contributed by atoms with Crippen LogP contribution in [0.2, 0.25) is 0 Å².